The number of rotatable bonds is 13. The van der Waals surface area contributed by atoms with E-state index in [-0.39, 0.29) is 17.9 Å². The number of nitrogens with zero attached hydrogens (tertiary/aromatic N) is 2. The van der Waals surface area contributed by atoms with E-state index in [0.29, 0.717) is 17.9 Å². The number of aryl methyl sites for hydroxylation is 3. The van der Waals surface area contributed by atoms with E-state index in [9.17, 15) is 19.5 Å². The number of nitrogens with one attached hydrogen (secondary N) is 1. The maximum atomic E-state index is 13.8. The third-order valence-electron chi connectivity index (χ3n) is 7.47. The molecule has 0 saturated heterocycles. The molecular weight excluding hydrogens is 514 g/mol. The van der Waals surface area contributed by atoms with Crippen LogP contribution in [0.5, 0.6) is 0 Å². The van der Waals surface area contributed by atoms with Gasteiger partial charge in [-0.2, -0.15) is 0 Å². The van der Waals surface area contributed by atoms with Crippen LogP contribution in [0.2, 0.25) is 0 Å². The Kier molecular flexibility index (Phi) is 11.1. The first-order valence-electron chi connectivity index (χ1n) is 14.4. The molecule has 0 spiro atoms. The van der Waals surface area contributed by atoms with Gasteiger partial charge in [0.15, 0.2) is 0 Å². The molecule has 7 nitrogen and oxygen atoms in total. The van der Waals surface area contributed by atoms with E-state index in [1.165, 1.54) is 10.1 Å². The second-order valence-corrected chi connectivity index (χ2v) is 11.9. The fraction of sp³-hybridized carbons (Fsp3) is 0.441. The first-order chi connectivity index (χ1) is 19.3. The summed E-state index contributed by atoms with van der Waals surface area (Å²) in [4.78, 5) is 40.9. The van der Waals surface area contributed by atoms with E-state index in [1.54, 1.807) is 12.3 Å². The van der Waals surface area contributed by atoms with Crippen LogP contribution in [0.3, 0.4) is 0 Å². The molecule has 0 aliphatic carbocycles. The Hall–Kier alpha value is -3.71. The van der Waals surface area contributed by atoms with Crippen molar-refractivity contribution in [1.82, 2.24) is 14.8 Å². The summed E-state index contributed by atoms with van der Waals surface area (Å²) >= 11 is 0. The van der Waals surface area contributed by atoms with Crippen molar-refractivity contribution in [3.8, 4) is 11.1 Å². The van der Waals surface area contributed by atoms with Gasteiger partial charge in [0.05, 0.1) is 12.5 Å². The molecule has 1 aromatic heterocycles. The molecular formula is C34H45N3O4. The number of carbonyl (C=O) groups excluding carboxylic acids is 1. The Bertz CT molecular complexity index is 1400. The van der Waals surface area contributed by atoms with Gasteiger partial charge in [0.2, 0.25) is 5.91 Å². The molecule has 2 aromatic carbocycles. The minimum absolute atomic E-state index is 0.229. The first-order valence-corrected chi connectivity index (χ1v) is 14.4. The molecule has 0 aliphatic rings. The van der Waals surface area contributed by atoms with Crippen LogP contribution >= 0.6 is 0 Å². The summed E-state index contributed by atoms with van der Waals surface area (Å²) in [5, 5.41) is 12.7. The number of carboxylic acids is 1. The number of aromatic nitrogens is 1. The van der Waals surface area contributed by atoms with Crippen LogP contribution in [0.1, 0.15) is 73.0 Å². The minimum Gasteiger partial charge on any atom is -0.481 e. The van der Waals surface area contributed by atoms with Gasteiger partial charge in [-0.3, -0.25) is 14.4 Å². The van der Waals surface area contributed by atoms with Crippen molar-refractivity contribution in [2.24, 2.45) is 5.92 Å². The Morgan fingerprint density at radius 3 is 2.24 bits per heavy atom. The molecule has 2 N–H and O–H groups in total. The lowest BCUT2D eigenvalue weighted by Gasteiger charge is -2.25. The fourth-order valence-electron chi connectivity index (χ4n) is 5.43. The lowest BCUT2D eigenvalue weighted by molar-refractivity contribution is -0.138. The van der Waals surface area contributed by atoms with Crippen molar-refractivity contribution in [3.05, 3.63) is 92.9 Å². The molecule has 1 amide bonds. The van der Waals surface area contributed by atoms with E-state index in [4.69, 9.17) is 0 Å². The summed E-state index contributed by atoms with van der Waals surface area (Å²) in [6, 6.07) is 14.0. The van der Waals surface area contributed by atoms with Gasteiger partial charge in [0.1, 0.15) is 6.04 Å². The van der Waals surface area contributed by atoms with Crippen LogP contribution in [0, 0.1) is 26.7 Å². The molecule has 0 aliphatic heterocycles. The zero-order valence-corrected chi connectivity index (χ0v) is 25.5. The highest BCUT2D eigenvalue weighted by Crippen LogP contribution is 2.31. The second kappa shape index (κ2) is 14.3. The zero-order chi connectivity index (χ0) is 30.3. The Morgan fingerprint density at radius 2 is 1.66 bits per heavy atom. The molecule has 220 valence electrons. The summed E-state index contributed by atoms with van der Waals surface area (Å²) in [5.74, 6) is -1.02. The first kappa shape index (κ1) is 31.8. The van der Waals surface area contributed by atoms with Gasteiger partial charge in [-0.25, -0.2) is 0 Å². The Morgan fingerprint density at radius 1 is 0.976 bits per heavy atom. The molecule has 3 rings (SSSR count). The SMILES string of the molecule is Cc1cc(C)c(-c2cccc([C@H](CC(=O)O)NC(=O)C(CCC(C)C)n3ccc(CCN(C)C)cc3=O)c2)c(C)c1. The molecule has 7 heteroatoms. The number of hydrogen-bond donors (Lipinski definition) is 2. The van der Waals surface area contributed by atoms with Crippen molar-refractivity contribution in [2.45, 2.75) is 72.4 Å². The quantitative estimate of drug-likeness (QED) is 0.274. The highest BCUT2D eigenvalue weighted by Gasteiger charge is 2.26. The third kappa shape index (κ3) is 8.89. The average Bonchev–Trinajstić information content (AvgIpc) is 2.87. The van der Waals surface area contributed by atoms with Crippen LogP contribution in [0.25, 0.3) is 11.1 Å². The average molecular weight is 560 g/mol. The lowest BCUT2D eigenvalue weighted by atomic mass is 9.91. The molecule has 0 saturated carbocycles. The smallest absolute Gasteiger partial charge is 0.305 e. The van der Waals surface area contributed by atoms with Crippen molar-refractivity contribution < 1.29 is 14.7 Å². The van der Waals surface area contributed by atoms with Gasteiger partial charge in [-0.15, -0.1) is 0 Å². The second-order valence-electron chi connectivity index (χ2n) is 11.9. The predicted octanol–water partition coefficient (Wildman–Crippen LogP) is 5.85. The number of likely N-dealkylation sites (N-methyl/N-ethyl adjacent to an activating group) is 1. The molecule has 2 atom stereocenters. The Labute approximate surface area is 244 Å². The highest BCUT2D eigenvalue weighted by atomic mass is 16.4. The molecule has 1 heterocycles. The minimum atomic E-state index is -1.01. The number of benzene rings is 2. The van der Waals surface area contributed by atoms with Crippen LogP contribution in [0.4, 0.5) is 0 Å². The largest absolute Gasteiger partial charge is 0.481 e. The molecule has 1 unspecified atom stereocenters. The maximum Gasteiger partial charge on any atom is 0.305 e. The monoisotopic (exact) mass is 559 g/mol. The van der Waals surface area contributed by atoms with Crippen LogP contribution in [-0.4, -0.2) is 47.1 Å². The van der Waals surface area contributed by atoms with E-state index in [0.717, 1.165) is 47.2 Å². The highest BCUT2D eigenvalue weighted by molar-refractivity contribution is 5.82. The summed E-state index contributed by atoms with van der Waals surface area (Å²) in [7, 11) is 3.97. The van der Waals surface area contributed by atoms with Gasteiger partial charge in [0.25, 0.3) is 5.56 Å². The van der Waals surface area contributed by atoms with E-state index >= 15 is 0 Å². The van der Waals surface area contributed by atoms with Gasteiger partial charge in [0, 0.05) is 18.8 Å². The number of pyridine rings is 1. The van der Waals surface area contributed by atoms with Gasteiger partial charge >= 0.3 is 5.97 Å². The number of carbonyl (C=O) groups is 2. The van der Waals surface area contributed by atoms with Gasteiger partial charge in [-0.05, 0) is 106 Å². The fourth-order valence-corrected chi connectivity index (χ4v) is 5.43. The van der Waals surface area contributed by atoms with Crippen molar-refractivity contribution in [1.29, 1.82) is 0 Å². The number of carboxylic acid groups (broad SMARTS) is 1. The van der Waals surface area contributed by atoms with Crippen LogP contribution in [-0.2, 0) is 16.0 Å². The van der Waals surface area contributed by atoms with Crippen LogP contribution in [0.15, 0.2) is 59.5 Å². The Balaban J connectivity index is 1.95. The standard InChI is InChI=1S/C34H45N3O4/c1-22(2)11-12-30(37-16-14-26(19-31(37)38)13-15-36(6)7)34(41)35-29(21-32(39)40)27-9-8-10-28(20-27)33-24(4)17-23(3)18-25(33)5/h8-10,14,16-20,22,29-30H,11-13,15,21H2,1-7H3,(H,35,41)(H,39,40)/t29-,30?/m0/s1. The number of amides is 1. The lowest BCUT2D eigenvalue weighted by Crippen LogP contribution is -2.39. The van der Waals surface area contributed by atoms with E-state index < -0.39 is 18.1 Å². The normalized spacial score (nSPS) is 12.9. The zero-order valence-electron chi connectivity index (χ0n) is 25.5. The summed E-state index contributed by atoms with van der Waals surface area (Å²) in [6.45, 7) is 11.2. The molecule has 0 radical (unpaired) electrons. The topological polar surface area (TPSA) is 91.6 Å². The summed E-state index contributed by atoms with van der Waals surface area (Å²) < 4.78 is 1.49. The van der Waals surface area contributed by atoms with Crippen molar-refractivity contribution in [3.63, 3.8) is 0 Å². The van der Waals surface area contributed by atoms with Crippen molar-refractivity contribution in [2.75, 3.05) is 20.6 Å². The molecule has 3 aromatic rings. The van der Waals surface area contributed by atoms with Gasteiger partial charge < -0.3 is 19.9 Å². The molecule has 0 fully saturated rings. The third-order valence-corrected chi connectivity index (χ3v) is 7.47. The van der Waals surface area contributed by atoms with Crippen molar-refractivity contribution >= 4 is 11.9 Å². The predicted molar refractivity (Wildman–Crippen MR) is 165 cm³/mol. The van der Waals surface area contributed by atoms with Crippen LogP contribution < -0.4 is 10.9 Å². The van der Waals surface area contributed by atoms with Gasteiger partial charge in [-0.1, -0.05) is 49.7 Å². The molecule has 0 bridgehead atoms. The summed E-state index contributed by atoms with van der Waals surface area (Å²) in [5.41, 5.74) is 6.95. The van der Waals surface area contributed by atoms with E-state index in [1.807, 2.05) is 44.4 Å². The molecule has 41 heavy (non-hydrogen) atoms. The summed E-state index contributed by atoms with van der Waals surface area (Å²) in [6.07, 6.45) is 3.40. The number of hydrogen-bond acceptors (Lipinski definition) is 4. The maximum absolute atomic E-state index is 13.8. The number of aliphatic carboxylic acids is 1. The van der Waals surface area contributed by atoms with E-state index in [2.05, 4.69) is 57.0 Å².